The Morgan fingerprint density at radius 2 is 2.19 bits per heavy atom. The SMILES string of the molecule is C[C@@H](NC(=O)C1CC2CCCCC2N1)c1cccc(Cl)c1. The summed E-state index contributed by atoms with van der Waals surface area (Å²) >= 11 is 6.01. The number of hydrogen-bond donors (Lipinski definition) is 2. The van der Waals surface area contributed by atoms with E-state index >= 15 is 0 Å². The van der Waals surface area contributed by atoms with E-state index in [2.05, 4.69) is 10.6 Å². The van der Waals surface area contributed by atoms with Crippen LogP contribution in [0.2, 0.25) is 5.02 Å². The molecule has 0 bridgehead atoms. The van der Waals surface area contributed by atoms with E-state index in [1.807, 2.05) is 31.2 Å². The highest BCUT2D eigenvalue weighted by atomic mass is 35.5. The van der Waals surface area contributed by atoms with Gasteiger partial charge in [-0.1, -0.05) is 36.6 Å². The predicted molar refractivity (Wildman–Crippen MR) is 85.3 cm³/mol. The van der Waals surface area contributed by atoms with Gasteiger partial charge in [0.1, 0.15) is 0 Å². The van der Waals surface area contributed by atoms with Crippen LogP contribution in [0.15, 0.2) is 24.3 Å². The average molecular weight is 307 g/mol. The molecule has 0 spiro atoms. The fourth-order valence-corrected chi connectivity index (χ4v) is 3.89. The zero-order valence-electron chi connectivity index (χ0n) is 12.4. The van der Waals surface area contributed by atoms with E-state index in [0.717, 1.165) is 12.0 Å². The number of hydrogen-bond acceptors (Lipinski definition) is 2. The summed E-state index contributed by atoms with van der Waals surface area (Å²) in [5, 5.41) is 7.34. The van der Waals surface area contributed by atoms with Crippen molar-refractivity contribution in [3.63, 3.8) is 0 Å². The Labute approximate surface area is 131 Å². The Bertz CT molecular complexity index is 505. The molecule has 1 aromatic rings. The molecule has 0 aromatic heterocycles. The first-order valence-electron chi connectivity index (χ1n) is 7.95. The number of benzene rings is 1. The number of rotatable bonds is 3. The van der Waals surface area contributed by atoms with Gasteiger partial charge in [0.05, 0.1) is 12.1 Å². The summed E-state index contributed by atoms with van der Waals surface area (Å²) in [6.45, 7) is 2.01. The zero-order chi connectivity index (χ0) is 14.8. The van der Waals surface area contributed by atoms with Crippen molar-refractivity contribution in [2.45, 2.75) is 57.2 Å². The van der Waals surface area contributed by atoms with Crippen LogP contribution < -0.4 is 10.6 Å². The van der Waals surface area contributed by atoms with E-state index < -0.39 is 0 Å². The van der Waals surface area contributed by atoms with E-state index in [-0.39, 0.29) is 18.0 Å². The smallest absolute Gasteiger partial charge is 0.237 e. The molecular formula is C17H23ClN2O. The Kier molecular flexibility index (Phi) is 4.51. The normalized spacial score (nSPS) is 29.7. The van der Waals surface area contributed by atoms with Gasteiger partial charge >= 0.3 is 0 Å². The lowest BCUT2D eigenvalue weighted by Gasteiger charge is -2.24. The lowest BCUT2D eigenvalue weighted by atomic mass is 9.85. The number of carbonyl (C=O) groups excluding carboxylic acids is 1. The monoisotopic (exact) mass is 306 g/mol. The fourth-order valence-electron chi connectivity index (χ4n) is 3.69. The molecule has 3 unspecified atom stereocenters. The molecule has 2 fully saturated rings. The van der Waals surface area contributed by atoms with E-state index in [9.17, 15) is 4.79 Å². The molecule has 21 heavy (non-hydrogen) atoms. The maximum Gasteiger partial charge on any atom is 0.237 e. The molecule has 4 heteroatoms. The van der Waals surface area contributed by atoms with Crippen LogP contribution in [-0.4, -0.2) is 18.0 Å². The van der Waals surface area contributed by atoms with Crippen LogP contribution in [-0.2, 0) is 4.79 Å². The number of amides is 1. The van der Waals surface area contributed by atoms with Gasteiger partial charge < -0.3 is 10.6 Å². The van der Waals surface area contributed by atoms with Crippen LogP contribution in [0.5, 0.6) is 0 Å². The number of nitrogens with one attached hydrogen (secondary N) is 2. The summed E-state index contributed by atoms with van der Waals surface area (Å²) < 4.78 is 0. The first-order chi connectivity index (χ1) is 10.1. The summed E-state index contributed by atoms with van der Waals surface area (Å²) in [6, 6.07) is 8.19. The van der Waals surface area contributed by atoms with Crippen molar-refractivity contribution >= 4 is 17.5 Å². The molecule has 1 aromatic carbocycles. The molecule has 2 aliphatic rings. The Balaban J connectivity index is 1.59. The third kappa shape index (κ3) is 3.41. The van der Waals surface area contributed by atoms with Gasteiger partial charge in [0, 0.05) is 11.1 Å². The lowest BCUT2D eigenvalue weighted by molar-refractivity contribution is -0.123. The van der Waals surface area contributed by atoms with Gasteiger partial charge in [0.15, 0.2) is 0 Å². The van der Waals surface area contributed by atoms with Crippen molar-refractivity contribution < 1.29 is 4.79 Å². The van der Waals surface area contributed by atoms with Crippen molar-refractivity contribution in [1.82, 2.24) is 10.6 Å². The van der Waals surface area contributed by atoms with E-state index in [1.54, 1.807) is 0 Å². The highest BCUT2D eigenvalue weighted by molar-refractivity contribution is 6.30. The van der Waals surface area contributed by atoms with Crippen molar-refractivity contribution in [2.24, 2.45) is 5.92 Å². The van der Waals surface area contributed by atoms with Crippen LogP contribution in [0.25, 0.3) is 0 Å². The van der Waals surface area contributed by atoms with Crippen LogP contribution >= 0.6 is 11.6 Å². The fraction of sp³-hybridized carbons (Fsp3) is 0.588. The Morgan fingerprint density at radius 3 is 2.95 bits per heavy atom. The first kappa shape index (κ1) is 14.9. The third-order valence-electron chi connectivity index (χ3n) is 4.89. The number of fused-ring (bicyclic) bond motifs is 1. The summed E-state index contributed by atoms with van der Waals surface area (Å²) in [6.07, 6.45) is 6.08. The number of carbonyl (C=O) groups is 1. The quantitative estimate of drug-likeness (QED) is 0.898. The van der Waals surface area contributed by atoms with Gasteiger partial charge in [-0.3, -0.25) is 4.79 Å². The largest absolute Gasteiger partial charge is 0.348 e. The van der Waals surface area contributed by atoms with Crippen LogP contribution in [0.3, 0.4) is 0 Å². The van der Waals surface area contributed by atoms with Gasteiger partial charge in [0.25, 0.3) is 0 Å². The Hall–Kier alpha value is -1.06. The minimum Gasteiger partial charge on any atom is -0.348 e. The minimum absolute atomic E-state index is 0.0133. The molecule has 4 atom stereocenters. The summed E-state index contributed by atoms with van der Waals surface area (Å²) in [5.74, 6) is 0.813. The van der Waals surface area contributed by atoms with Crippen LogP contribution in [0.1, 0.15) is 50.6 Å². The second kappa shape index (κ2) is 6.37. The molecule has 1 aliphatic carbocycles. The minimum atomic E-state index is -0.0280. The van der Waals surface area contributed by atoms with Crippen molar-refractivity contribution in [2.75, 3.05) is 0 Å². The summed E-state index contributed by atoms with van der Waals surface area (Å²) in [4.78, 5) is 12.5. The average Bonchev–Trinajstić information content (AvgIpc) is 2.91. The molecule has 3 rings (SSSR count). The van der Waals surface area contributed by atoms with Gasteiger partial charge in [-0.25, -0.2) is 0 Å². The van der Waals surface area contributed by atoms with E-state index in [0.29, 0.717) is 17.0 Å². The van der Waals surface area contributed by atoms with E-state index in [4.69, 9.17) is 11.6 Å². The Morgan fingerprint density at radius 1 is 1.38 bits per heavy atom. The highest BCUT2D eigenvalue weighted by Gasteiger charge is 2.38. The van der Waals surface area contributed by atoms with Gasteiger partial charge in [-0.15, -0.1) is 0 Å². The molecule has 0 radical (unpaired) electrons. The second-order valence-corrected chi connectivity index (χ2v) is 6.83. The lowest BCUT2D eigenvalue weighted by Crippen LogP contribution is -2.43. The standard InChI is InChI=1S/C17H23ClN2O/c1-11(12-6-4-7-14(18)9-12)19-17(21)16-10-13-5-2-3-8-15(13)20-16/h4,6-7,9,11,13,15-16,20H,2-3,5,8,10H2,1H3,(H,19,21)/t11-,13?,15?,16?/m1/s1. The molecule has 1 saturated carbocycles. The van der Waals surface area contributed by atoms with Gasteiger partial charge in [-0.2, -0.15) is 0 Å². The first-order valence-corrected chi connectivity index (χ1v) is 8.33. The maximum atomic E-state index is 12.5. The van der Waals surface area contributed by atoms with Crippen LogP contribution in [0, 0.1) is 5.92 Å². The van der Waals surface area contributed by atoms with E-state index in [1.165, 1.54) is 25.7 Å². The summed E-state index contributed by atoms with van der Waals surface area (Å²) in [5.41, 5.74) is 1.05. The molecule has 1 amide bonds. The highest BCUT2D eigenvalue weighted by Crippen LogP contribution is 2.33. The van der Waals surface area contributed by atoms with Crippen molar-refractivity contribution in [3.05, 3.63) is 34.9 Å². The molecule has 1 aliphatic heterocycles. The second-order valence-electron chi connectivity index (χ2n) is 6.39. The van der Waals surface area contributed by atoms with Crippen molar-refractivity contribution in [3.8, 4) is 0 Å². The molecule has 114 valence electrons. The molecule has 2 N–H and O–H groups in total. The topological polar surface area (TPSA) is 41.1 Å². The van der Waals surface area contributed by atoms with Gasteiger partial charge in [-0.05, 0) is 49.8 Å². The molecular weight excluding hydrogens is 284 g/mol. The zero-order valence-corrected chi connectivity index (χ0v) is 13.2. The van der Waals surface area contributed by atoms with Crippen molar-refractivity contribution in [1.29, 1.82) is 0 Å². The molecule has 1 saturated heterocycles. The molecule has 3 nitrogen and oxygen atoms in total. The van der Waals surface area contributed by atoms with Crippen LogP contribution in [0.4, 0.5) is 0 Å². The molecule has 1 heterocycles. The summed E-state index contributed by atoms with van der Waals surface area (Å²) in [7, 11) is 0. The number of halogens is 1. The van der Waals surface area contributed by atoms with Gasteiger partial charge in [0.2, 0.25) is 5.91 Å². The predicted octanol–water partition coefficient (Wildman–Crippen LogP) is 3.44. The maximum absolute atomic E-state index is 12.5. The third-order valence-corrected chi connectivity index (χ3v) is 5.12.